The first-order chi connectivity index (χ1) is 10.7. The quantitative estimate of drug-likeness (QED) is 0.810. The van der Waals surface area contributed by atoms with Crippen LogP contribution in [0, 0.1) is 6.92 Å². The van der Waals surface area contributed by atoms with Crippen molar-refractivity contribution in [3.05, 3.63) is 65.2 Å². The molecule has 0 fully saturated rings. The molecule has 0 atom stereocenters. The number of carbonyl (C=O) groups excluding carboxylic acids is 1. The molecule has 116 valence electrons. The molecule has 0 aromatic heterocycles. The maximum Gasteiger partial charge on any atom is 0.224 e. The summed E-state index contributed by atoms with van der Waals surface area (Å²) in [7, 11) is 0. The minimum absolute atomic E-state index is 0.0762. The summed E-state index contributed by atoms with van der Waals surface area (Å²) >= 11 is 0. The van der Waals surface area contributed by atoms with Gasteiger partial charge in [-0.05, 0) is 36.6 Å². The molecular formula is C19H24N2O. The molecule has 0 saturated carbocycles. The zero-order chi connectivity index (χ0) is 15.8. The first-order valence-corrected chi connectivity index (χ1v) is 7.82. The molecule has 0 radical (unpaired) electrons. The maximum atomic E-state index is 11.6. The second kappa shape index (κ2) is 8.35. The van der Waals surface area contributed by atoms with Crippen LogP contribution < -0.4 is 10.6 Å². The van der Waals surface area contributed by atoms with Crippen molar-refractivity contribution in [2.75, 3.05) is 5.32 Å². The monoisotopic (exact) mass is 296 g/mol. The lowest BCUT2D eigenvalue weighted by molar-refractivity contribution is -0.116. The number of nitrogens with one attached hydrogen (secondary N) is 2. The third kappa shape index (κ3) is 5.34. The predicted molar refractivity (Wildman–Crippen MR) is 91.7 cm³/mol. The summed E-state index contributed by atoms with van der Waals surface area (Å²) in [6.45, 7) is 5.72. The molecule has 0 aliphatic heterocycles. The molecule has 0 unspecified atom stereocenters. The van der Waals surface area contributed by atoms with Gasteiger partial charge in [-0.3, -0.25) is 4.79 Å². The number of carbonyl (C=O) groups is 1. The standard InChI is InChI=1S/C19H24N2O/c1-3-5-19(22)21-18-7-4-6-17(12-18)14-20-13-16-10-8-15(2)9-11-16/h4,6-12,20H,3,5,13-14H2,1-2H3,(H,21,22). The molecule has 2 aromatic carbocycles. The molecule has 22 heavy (non-hydrogen) atoms. The summed E-state index contributed by atoms with van der Waals surface area (Å²) in [5, 5.41) is 6.36. The number of hydrogen-bond donors (Lipinski definition) is 2. The van der Waals surface area contributed by atoms with Crippen LogP contribution in [-0.2, 0) is 17.9 Å². The van der Waals surface area contributed by atoms with Gasteiger partial charge in [0.25, 0.3) is 0 Å². The molecule has 2 N–H and O–H groups in total. The first kappa shape index (κ1) is 16.2. The van der Waals surface area contributed by atoms with Gasteiger partial charge < -0.3 is 10.6 Å². The number of amides is 1. The molecule has 0 spiro atoms. The summed E-state index contributed by atoms with van der Waals surface area (Å²) in [4.78, 5) is 11.6. The zero-order valence-corrected chi connectivity index (χ0v) is 13.4. The molecular weight excluding hydrogens is 272 g/mol. The fraction of sp³-hybridized carbons (Fsp3) is 0.316. The summed E-state index contributed by atoms with van der Waals surface area (Å²) < 4.78 is 0. The molecule has 3 nitrogen and oxygen atoms in total. The van der Waals surface area contributed by atoms with Crippen LogP contribution in [0.15, 0.2) is 48.5 Å². The second-order valence-corrected chi connectivity index (χ2v) is 5.59. The van der Waals surface area contributed by atoms with Crippen molar-refractivity contribution < 1.29 is 4.79 Å². The van der Waals surface area contributed by atoms with Gasteiger partial charge in [-0.1, -0.05) is 48.9 Å². The van der Waals surface area contributed by atoms with Crippen LogP contribution in [0.5, 0.6) is 0 Å². The topological polar surface area (TPSA) is 41.1 Å². The smallest absolute Gasteiger partial charge is 0.224 e. The van der Waals surface area contributed by atoms with Crippen molar-refractivity contribution in [2.24, 2.45) is 0 Å². The first-order valence-electron chi connectivity index (χ1n) is 7.82. The highest BCUT2D eigenvalue weighted by molar-refractivity contribution is 5.90. The number of aryl methyl sites for hydroxylation is 1. The van der Waals surface area contributed by atoms with Crippen LogP contribution >= 0.6 is 0 Å². The fourth-order valence-corrected chi connectivity index (χ4v) is 2.27. The van der Waals surface area contributed by atoms with Crippen molar-refractivity contribution in [2.45, 2.75) is 39.8 Å². The highest BCUT2D eigenvalue weighted by Gasteiger charge is 2.01. The van der Waals surface area contributed by atoms with E-state index < -0.39 is 0 Å². The van der Waals surface area contributed by atoms with Gasteiger partial charge in [-0.25, -0.2) is 0 Å². The van der Waals surface area contributed by atoms with E-state index in [1.165, 1.54) is 16.7 Å². The Bertz CT molecular complexity index is 605. The van der Waals surface area contributed by atoms with E-state index in [0.717, 1.165) is 25.2 Å². The minimum Gasteiger partial charge on any atom is -0.326 e. The van der Waals surface area contributed by atoms with Crippen molar-refractivity contribution in [1.29, 1.82) is 0 Å². The Morgan fingerprint density at radius 3 is 2.45 bits per heavy atom. The summed E-state index contributed by atoms with van der Waals surface area (Å²) in [5.41, 5.74) is 4.59. The van der Waals surface area contributed by atoms with Gasteiger partial charge in [0.05, 0.1) is 0 Å². The van der Waals surface area contributed by atoms with E-state index in [2.05, 4.69) is 47.9 Å². The molecule has 0 aliphatic rings. The second-order valence-electron chi connectivity index (χ2n) is 5.59. The van der Waals surface area contributed by atoms with Gasteiger partial charge in [0.15, 0.2) is 0 Å². The van der Waals surface area contributed by atoms with Crippen molar-refractivity contribution in [3.63, 3.8) is 0 Å². The number of benzene rings is 2. The summed E-state index contributed by atoms with van der Waals surface area (Å²) in [6, 6.07) is 16.5. The Morgan fingerprint density at radius 2 is 1.73 bits per heavy atom. The largest absolute Gasteiger partial charge is 0.326 e. The predicted octanol–water partition coefficient (Wildman–Crippen LogP) is 4.02. The molecule has 2 rings (SSSR count). The van der Waals surface area contributed by atoms with Crippen LogP contribution in [-0.4, -0.2) is 5.91 Å². The minimum atomic E-state index is 0.0762. The van der Waals surface area contributed by atoms with Gasteiger partial charge in [-0.2, -0.15) is 0 Å². The lowest BCUT2D eigenvalue weighted by Gasteiger charge is -2.09. The molecule has 3 heteroatoms. The lowest BCUT2D eigenvalue weighted by Crippen LogP contribution is -2.14. The van der Waals surface area contributed by atoms with Gasteiger partial charge in [-0.15, -0.1) is 0 Å². The van der Waals surface area contributed by atoms with E-state index in [-0.39, 0.29) is 5.91 Å². The average molecular weight is 296 g/mol. The molecule has 0 bridgehead atoms. The zero-order valence-electron chi connectivity index (χ0n) is 13.4. The molecule has 0 aliphatic carbocycles. The van der Waals surface area contributed by atoms with Crippen LogP contribution in [0.3, 0.4) is 0 Å². The fourth-order valence-electron chi connectivity index (χ4n) is 2.27. The SMILES string of the molecule is CCCC(=O)Nc1cccc(CNCc2ccc(C)cc2)c1. The van der Waals surface area contributed by atoms with E-state index in [1.54, 1.807) is 0 Å². The highest BCUT2D eigenvalue weighted by atomic mass is 16.1. The number of hydrogen-bond acceptors (Lipinski definition) is 2. The maximum absolute atomic E-state index is 11.6. The molecule has 1 amide bonds. The Kier molecular flexibility index (Phi) is 6.16. The number of anilines is 1. The van der Waals surface area contributed by atoms with E-state index in [1.807, 2.05) is 25.1 Å². The van der Waals surface area contributed by atoms with E-state index in [0.29, 0.717) is 6.42 Å². The van der Waals surface area contributed by atoms with Crippen LogP contribution in [0.25, 0.3) is 0 Å². The Hall–Kier alpha value is -2.13. The van der Waals surface area contributed by atoms with Crippen molar-refractivity contribution in [1.82, 2.24) is 5.32 Å². The van der Waals surface area contributed by atoms with Gasteiger partial charge in [0, 0.05) is 25.2 Å². The summed E-state index contributed by atoms with van der Waals surface area (Å²) in [5.74, 6) is 0.0762. The Labute approximate surface area is 132 Å². The van der Waals surface area contributed by atoms with Crippen molar-refractivity contribution in [3.8, 4) is 0 Å². The van der Waals surface area contributed by atoms with E-state index in [9.17, 15) is 4.79 Å². The van der Waals surface area contributed by atoms with Crippen molar-refractivity contribution >= 4 is 11.6 Å². The van der Waals surface area contributed by atoms with Crippen LogP contribution in [0.1, 0.15) is 36.5 Å². The molecule has 0 heterocycles. The normalized spacial score (nSPS) is 10.5. The van der Waals surface area contributed by atoms with E-state index in [4.69, 9.17) is 0 Å². The van der Waals surface area contributed by atoms with Gasteiger partial charge >= 0.3 is 0 Å². The van der Waals surface area contributed by atoms with Gasteiger partial charge in [0.2, 0.25) is 5.91 Å². The average Bonchev–Trinajstić information content (AvgIpc) is 2.50. The summed E-state index contributed by atoms with van der Waals surface area (Å²) in [6.07, 6.45) is 1.43. The highest BCUT2D eigenvalue weighted by Crippen LogP contribution is 2.11. The van der Waals surface area contributed by atoms with E-state index >= 15 is 0 Å². The molecule has 2 aromatic rings. The lowest BCUT2D eigenvalue weighted by atomic mass is 10.1. The third-order valence-electron chi connectivity index (χ3n) is 3.47. The Morgan fingerprint density at radius 1 is 1.00 bits per heavy atom. The third-order valence-corrected chi connectivity index (χ3v) is 3.47. The molecule has 0 saturated heterocycles. The van der Waals surface area contributed by atoms with Gasteiger partial charge in [0.1, 0.15) is 0 Å². The van der Waals surface area contributed by atoms with Crippen LogP contribution in [0.4, 0.5) is 5.69 Å². The van der Waals surface area contributed by atoms with Crippen LogP contribution in [0.2, 0.25) is 0 Å². The number of rotatable bonds is 7. The Balaban J connectivity index is 1.85.